The number of rotatable bonds is 11. The Bertz CT molecular complexity index is 1430. The van der Waals surface area contributed by atoms with E-state index in [0.717, 1.165) is 50.9 Å². The molecule has 2 heterocycles. The molecular weight excluding hydrogens is 552 g/mol. The van der Waals surface area contributed by atoms with Gasteiger partial charge in [-0.05, 0) is 57.5 Å². The van der Waals surface area contributed by atoms with Gasteiger partial charge in [-0.2, -0.15) is 4.98 Å². The average Bonchev–Trinajstić information content (AvgIpc) is 3.59. The van der Waals surface area contributed by atoms with E-state index < -0.39 is 10.0 Å². The van der Waals surface area contributed by atoms with E-state index in [1.54, 1.807) is 24.3 Å². The third kappa shape index (κ3) is 6.95. The van der Waals surface area contributed by atoms with E-state index >= 15 is 0 Å². The van der Waals surface area contributed by atoms with Crippen molar-refractivity contribution in [2.45, 2.75) is 56.1 Å². The number of nitrogens with zero attached hydrogens (tertiary/aromatic N) is 3. The van der Waals surface area contributed by atoms with Crippen molar-refractivity contribution in [2.24, 2.45) is 0 Å². The molecule has 214 valence electrons. The maximum atomic E-state index is 13.2. The zero-order valence-electron chi connectivity index (χ0n) is 22.7. The van der Waals surface area contributed by atoms with Gasteiger partial charge in [0.05, 0.1) is 24.2 Å². The van der Waals surface area contributed by atoms with Crippen LogP contribution in [-0.4, -0.2) is 62.2 Å². The number of aromatic nitrogens is 2. The molecule has 1 aliphatic carbocycles. The standard InChI is InChI=1S/C28H35ClN6O4S/c1-3-38-25-16-20(39-21-14-15-35(2)18-21)12-13-23(25)32-28-30-17-22(29)27(33-28)31-24-10-6-7-11-26(24)40(36,37)34-19-8-4-5-9-19/h6-7,10-13,16-17,19,21,34H,3-5,8-9,14-15,18H2,1-2H3,(H2,30,31,32,33)/t21-/m0/s1. The minimum absolute atomic E-state index is 0.0488. The number of ether oxygens (including phenoxy) is 2. The largest absolute Gasteiger partial charge is 0.492 e. The lowest BCUT2D eigenvalue weighted by Gasteiger charge is -2.18. The molecule has 3 aromatic rings. The van der Waals surface area contributed by atoms with Crippen LogP contribution < -0.4 is 24.8 Å². The lowest BCUT2D eigenvalue weighted by atomic mass is 10.2. The van der Waals surface area contributed by atoms with Crippen molar-refractivity contribution >= 4 is 44.8 Å². The van der Waals surface area contributed by atoms with Gasteiger partial charge in [0.2, 0.25) is 16.0 Å². The van der Waals surface area contributed by atoms with Crippen molar-refractivity contribution in [3.05, 3.63) is 53.7 Å². The molecule has 2 aliphatic rings. The molecule has 10 nitrogen and oxygen atoms in total. The summed E-state index contributed by atoms with van der Waals surface area (Å²) in [6.07, 6.45) is 6.33. The van der Waals surface area contributed by atoms with Crippen LogP contribution in [0.25, 0.3) is 0 Å². The number of halogens is 1. The van der Waals surface area contributed by atoms with Crippen molar-refractivity contribution < 1.29 is 17.9 Å². The number of benzene rings is 2. The Kier molecular flexibility index (Phi) is 8.94. The first-order valence-electron chi connectivity index (χ1n) is 13.6. The maximum Gasteiger partial charge on any atom is 0.242 e. The number of hydrogen-bond acceptors (Lipinski definition) is 9. The van der Waals surface area contributed by atoms with Crippen molar-refractivity contribution in [1.29, 1.82) is 0 Å². The topological polar surface area (TPSA) is 118 Å². The molecule has 2 aromatic carbocycles. The lowest BCUT2D eigenvalue weighted by Crippen LogP contribution is -2.33. The normalized spacial score (nSPS) is 18.1. The molecule has 0 bridgehead atoms. The Morgan fingerprint density at radius 1 is 1.07 bits per heavy atom. The third-order valence-electron chi connectivity index (χ3n) is 7.00. The van der Waals surface area contributed by atoms with E-state index in [9.17, 15) is 8.42 Å². The highest BCUT2D eigenvalue weighted by molar-refractivity contribution is 7.89. The molecule has 0 unspecified atom stereocenters. The Balaban J connectivity index is 1.35. The Labute approximate surface area is 240 Å². The van der Waals surface area contributed by atoms with E-state index in [-0.39, 0.29) is 33.8 Å². The van der Waals surface area contributed by atoms with Crippen molar-refractivity contribution in [1.82, 2.24) is 19.6 Å². The zero-order valence-corrected chi connectivity index (χ0v) is 24.3. The Morgan fingerprint density at radius 3 is 2.62 bits per heavy atom. The first kappa shape index (κ1) is 28.4. The van der Waals surface area contributed by atoms with Gasteiger partial charge in [-0.3, -0.25) is 0 Å². The molecule has 1 aromatic heterocycles. The van der Waals surface area contributed by atoms with Gasteiger partial charge in [0.1, 0.15) is 27.5 Å². The smallest absolute Gasteiger partial charge is 0.242 e. The molecular formula is C28H35ClN6O4S. The van der Waals surface area contributed by atoms with Gasteiger partial charge in [-0.25, -0.2) is 18.1 Å². The van der Waals surface area contributed by atoms with Crippen LogP contribution in [0.5, 0.6) is 11.5 Å². The molecule has 1 atom stereocenters. The first-order chi connectivity index (χ1) is 19.3. The number of anilines is 4. The third-order valence-corrected chi connectivity index (χ3v) is 8.86. The van der Waals surface area contributed by atoms with Crippen LogP contribution in [0, 0.1) is 0 Å². The van der Waals surface area contributed by atoms with Crippen molar-refractivity contribution in [2.75, 3.05) is 37.4 Å². The summed E-state index contributed by atoms with van der Waals surface area (Å²) in [4.78, 5) is 11.2. The fourth-order valence-corrected chi connectivity index (χ4v) is 6.64. The van der Waals surface area contributed by atoms with Gasteiger partial charge in [0, 0.05) is 25.2 Å². The minimum Gasteiger partial charge on any atom is -0.492 e. The molecule has 2 fully saturated rings. The number of nitrogens with one attached hydrogen (secondary N) is 3. The average molecular weight is 587 g/mol. The highest BCUT2D eigenvalue weighted by Crippen LogP contribution is 2.34. The molecule has 3 N–H and O–H groups in total. The van der Waals surface area contributed by atoms with Gasteiger partial charge in [0.25, 0.3) is 0 Å². The predicted octanol–water partition coefficient (Wildman–Crippen LogP) is 5.32. The van der Waals surface area contributed by atoms with Crippen LogP contribution >= 0.6 is 11.6 Å². The van der Waals surface area contributed by atoms with Gasteiger partial charge in [-0.15, -0.1) is 0 Å². The number of likely N-dealkylation sites (N-methyl/N-ethyl adjacent to an activating group) is 1. The summed E-state index contributed by atoms with van der Waals surface area (Å²) < 4.78 is 41.2. The molecule has 0 radical (unpaired) electrons. The van der Waals surface area contributed by atoms with Gasteiger partial charge in [-0.1, -0.05) is 36.6 Å². The van der Waals surface area contributed by atoms with Crippen LogP contribution in [0.3, 0.4) is 0 Å². The molecule has 1 saturated heterocycles. The van der Waals surface area contributed by atoms with Crippen LogP contribution in [0.15, 0.2) is 53.6 Å². The van der Waals surface area contributed by atoms with E-state index in [1.165, 1.54) is 6.20 Å². The monoisotopic (exact) mass is 586 g/mol. The van der Waals surface area contributed by atoms with Crippen LogP contribution in [0.4, 0.5) is 23.1 Å². The van der Waals surface area contributed by atoms with Gasteiger partial charge < -0.3 is 25.0 Å². The molecule has 0 amide bonds. The number of para-hydroxylation sites is 1. The molecule has 40 heavy (non-hydrogen) atoms. The zero-order chi connectivity index (χ0) is 28.1. The highest BCUT2D eigenvalue weighted by atomic mass is 35.5. The van der Waals surface area contributed by atoms with Crippen LogP contribution in [0.1, 0.15) is 39.0 Å². The fourth-order valence-electron chi connectivity index (χ4n) is 5.03. The number of sulfonamides is 1. The summed E-state index contributed by atoms with van der Waals surface area (Å²) in [5, 5.41) is 6.53. The minimum atomic E-state index is -3.74. The number of hydrogen-bond donors (Lipinski definition) is 3. The predicted molar refractivity (Wildman–Crippen MR) is 157 cm³/mol. The summed E-state index contributed by atoms with van der Waals surface area (Å²) in [6, 6.07) is 12.3. The second-order valence-corrected chi connectivity index (χ2v) is 12.2. The summed E-state index contributed by atoms with van der Waals surface area (Å²) in [6.45, 7) is 4.29. The van der Waals surface area contributed by atoms with Crippen LogP contribution in [0.2, 0.25) is 5.02 Å². The Morgan fingerprint density at radius 2 is 1.88 bits per heavy atom. The number of likely N-dealkylation sites (tertiary alicyclic amines) is 1. The second kappa shape index (κ2) is 12.6. The molecule has 0 spiro atoms. The summed E-state index contributed by atoms with van der Waals surface area (Å²) in [5.41, 5.74) is 1.03. The summed E-state index contributed by atoms with van der Waals surface area (Å²) in [5.74, 6) is 1.88. The summed E-state index contributed by atoms with van der Waals surface area (Å²) >= 11 is 6.42. The fraction of sp³-hybridized carbons (Fsp3) is 0.429. The second-order valence-electron chi connectivity index (χ2n) is 10.1. The SMILES string of the molecule is CCOc1cc(O[C@H]2CCN(C)C2)ccc1Nc1ncc(Cl)c(Nc2ccccc2S(=O)(=O)NC2CCCC2)n1. The van der Waals surface area contributed by atoms with E-state index in [1.807, 2.05) is 25.1 Å². The molecule has 5 rings (SSSR count). The Hall–Kier alpha value is -3.12. The van der Waals surface area contributed by atoms with E-state index in [0.29, 0.717) is 23.7 Å². The van der Waals surface area contributed by atoms with E-state index in [2.05, 4.69) is 37.3 Å². The molecule has 1 saturated carbocycles. The molecule has 1 aliphatic heterocycles. The first-order valence-corrected chi connectivity index (χ1v) is 15.5. The quantitative estimate of drug-likeness (QED) is 0.274. The van der Waals surface area contributed by atoms with Crippen molar-refractivity contribution in [3.8, 4) is 11.5 Å². The van der Waals surface area contributed by atoms with E-state index in [4.69, 9.17) is 21.1 Å². The lowest BCUT2D eigenvalue weighted by molar-refractivity contribution is 0.207. The highest BCUT2D eigenvalue weighted by Gasteiger charge is 2.25. The van der Waals surface area contributed by atoms with Crippen molar-refractivity contribution in [3.63, 3.8) is 0 Å². The van der Waals surface area contributed by atoms with Crippen LogP contribution in [-0.2, 0) is 10.0 Å². The van der Waals surface area contributed by atoms with Gasteiger partial charge >= 0.3 is 0 Å². The van der Waals surface area contributed by atoms with Gasteiger partial charge in [0.15, 0.2) is 5.82 Å². The molecule has 12 heteroatoms. The maximum absolute atomic E-state index is 13.2. The summed E-state index contributed by atoms with van der Waals surface area (Å²) in [7, 11) is -1.65.